The van der Waals surface area contributed by atoms with Crippen LogP contribution >= 0.6 is 15.9 Å². The SMILES string of the molecule is COc1ccc(/C=C2\Cc3ccccc3C2=O)cc1Br. The van der Waals surface area contributed by atoms with Crippen molar-refractivity contribution in [2.75, 3.05) is 7.11 Å². The Morgan fingerprint density at radius 2 is 2.00 bits per heavy atom. The normalized spacial score (nSPS) is 15.5. The molecule has 3 rings (SSSR count). The summed E-state index contributed by atoms with van der Waals surface area (Å²) in [6, 6.07) is 13.6. The van der Waals surface area contributed by atoms with E-state index in [0.717, 1.165) is 32.5 Å². The number of halogens is 1. The summed E-state index contributed by atoms with van der Waals surface area (Å²) in [7, 11) is 1.63. The maximum absolute atomic E-state index is 12.3. The van der Waals surface area contributed by atoms with E-state index < -0.39 is 0 Å². The zero-order valence-electron chi connectivity index (χ0n) is 11.0. The third-order valence-electron chi connectivity index (χ3n) is 3.45. The van der Waals surface area contributed by atoms with Crippen LogP contribution in [0.25, 0.3) is 6.08 Å². The fourth-order valence-corrected chi connectivity index (χ4v) is 3.00. The molecular formula is C17H13BrO2. The fraction of sp³-hybridized carbons (Fsp3) is 0.118. The summed E-state index contributed by atoms with van der Waals surface area (Å²) in [4.78, 5) is 12.3. The first-order chi connectivity index (χ1) is 9.69. The number of ketones is 1. The summed E-state index contributed by atoms with van der Waals surface area (Å²) in [5.74, 6) is 0.917. The van der Waals surface area contributed by atoms with Gasteiger partial charge in [0, 0.05) is 17.6 Å². The Bertz CT molecular complexity index is 717. The van der Waals surface area contributed by atoms with Gasteiger partial charge in [-0.25, -0.2) is 0 Å². The molecule has 2 nitrogen and oxygen atoms in total. The predicted octanol–water partition coefficient (Wildman–Crippen LogP) is 4.28. The topological polar surface area (TPSA) is 26.3 Å². The first kappa shape index (κ1) is 13.1. The molecule has 0 fully saturated rings. The first-order valence-corrected chi connectivity index (χ1v) is 7.15. The molecular weight excluding hydrogens is 316 g/mol. The van der Waals surface area contributed by atoms with Crippen LogP contribution < -0.4 is 4.74 Å². The number of allylic oxidation sites excluding steroid dienone is 1. The second-order valence-corrected chi connectivity index (χ2v) is 5.58. The Balaban J connectivity index is 1.95. The van der Waals surface area contributed by atoms with Gasteiger partial charge in [-0.1, -0.05) is 30.3 Å². The van der Waals surface area contributed by atoms with Crippen molar-refractivity contribution in [2.24, 2.45) is 0 Å². The van der Waals surface area contributed by atoms with Crippen molar-refractivity contribution in [2.45, 2.75) is 6.42 Å². The maximum atomic E-state index is 12.3. The Labute approximate surface area is 126 Å². The summed E-state index contributed by atoms with van der Waals surface area (Å²) in [5, 5.41) is 0. The molecule has 0 heterocycles. The lowest BCUT2D eigenvalue weighted by Gasteiger charge is -2.04. The van der Waals surface area contributed by atoms with Gasteiger partial charge < -0.3 is 4.74 Å². The van der Waals surface area contributed by atoms with Gasteiger partial charge in [0.1, 0.15) is 5.75 Å². The van der Waals surface area contributed by atoms with Gasteiger partial charge in [0.05, 0.1) is 11.6 Å². The monoisotopic (exact) mass is 328 g/mol. The second kappa shape index (κ2) is 5.25. The number of hydrogen-bond donors (Lipinski definition) is 0. The molecule has 0 saturated carbocycles. The molecule has 0 N–H and O–H groups in total. The van der Waals surface area contributed by atoms with Crippen LogP contribution in [0.4, 0.5) is 0 Å². The molecule has 20 heavy (non-hydrogen) atoms. The van der Waals surface area contributed by atoms with Gasteiger partial charge in [0.2, 0.25) is 0 Å². The van der Waals surface area contributed by atoms with Gasteiger partial charge >= 0.3 is 0 Å². The highest BCUT2D eigenvalue weighted by atomic mass is 79.9. The summed E-state index contributed by atoms with van der Waals surface area (Å²) in [5.41, 5.74) is 3.76. The van der Waals surface area contributed by atoms with Crippen LogP contribution in [0.15, 0.2) is 52.5 Å². The molecule has 0 spiro atoms. The van der Waals surface area contributed by atoms with Crippen LogP contribution in [0.2, 0.25) is 0 Å². The predicted molar refractivity (Wildman–Crippen MR) is 83.1 cm³/mol. The first-order valence-electron chi connectivity index (χ1n) is 6.36. The Morgan fingerprint density at radius 1 is 1.20 bits per heavy atom. The van der Waals surface area contributed by atoms with Crippen LogP contribution in [0.5, 0.6) is 5.75 Å². The molecule has 3 heteroatoms. The van der Waals surface area contributed by atoms with E-state index in [1.54, 1.807) is 7.11 Å². The maximum Gasteiger partial charge on any atom is 0.189 e. The molecule has 0 amide bonds. The molecule has 0 aromatic heterocycles. The molecule has 1 aliphatic carbocycles. The third-order valence-corrected chi connectivity index (χ3v) is 4.07. The van der Waals surface area contributed by atoms with Gasteiger partial charge in [-0.05, 0) is 45.3 Å². The number of Topliss-reactive ketones (excluding diaryl/α,β-unsaturated/α-hetero) is 1. The summed E-state index contributed by atoms with van der Waals surface area (Å²) >= 11 is 3.46. The van der Waals surface area contributed by atoms with Gasteiger partial charge in [-0.2, -0.15) is 0 Å². The average Bonchev–Trinajstić information content (AvgIpc) is 2.76. The highest BCUT2D eigenvalue weighted by molar-refractivity contribution is 9.10. The van der Waals surface area contributed by atoms with E-state index in [2.05, 4.69) is 15.9 Å². The Kier molecular flexibility index (Phi) is 3.45. The number of carbonyl (C=O) groups is 1. The van der Waals surface area contributed by atoms with Crippen molar-refractivity contribution in [3.8, 4) is 5.75 Å². The molecule has 100 valence electrons. The lowest BCUT2D eigenvalue weighted by molar-refractivity contribution is 0.104. The van der Waals surface area contributed by atoms with Crippen LogP contribution in [0, 0.1) is 0 Å². The number of rotatable bonds is 2. The number of methoxy groups -OCH3 is 1. The molecule has 2 aromatic rings. The van der Waals surface area contributed by atoms with Crippen LogP contribution in [-0.4, -0.2) is 12.9 Å². The fourth-order valence-electron chi connectivity index (χ4n) is 2.44. The van der Waals surface area contributed by atoms with E-state index in [0.29, 0.717) is 6.42 Å². The zero-order valence-corrected chi connectivity index (χ0v) is 12.6. The Hall–Kier alpha value is -1.87. The van der Waals surface area contributed by atoms with E-state index in [9.17, 15) is 4.79 Å². The lowest BCUT2D eigenvalue weighted by atomic mass is 10.1. The summed E-state index contributed by atoms with van der Waals surface area (Å²) in [6.45, 7) is 0. The minimum atomic E-state index is 0.132. The van der Waals surface area contributed by atoms with Crippen molar-refractivity contribution in [1.82, 2.24) is 0 Å². The standard InChI is InChI=1S/C17H13BrO2/c1-20-16-7-6-11(9-15(16)18)8-13-10-12-4-2-3-5-14(12)17(13)19/h2-9H,10H2,1H3/b13-8+. The highest BCUT2D eigenvalue weighted by Gasteiger charge is 2.23. The van der Waals surface area contributed by atoms with Crippen molar-refractivity contribution in [3.05, 3.63) is 69.2 Å². The zero-order chi connectivity index (χ0) is 14.1. The van der Waals surface area contributed by atoms with E-state index in [4.69, 9.17) is 4.74 Å². The van der Waals surface area contributed by atoms with Gasteiger partial charge in [0.25, 0.3) is 0 Å². The lowest BCUT2D eigenvalue weighted by Crippen LogP contribution is -1.95. The van der Waals surface area contributed by atoms with Crippen molar-refractivity contribution in [3.63, 3.8) is 0 Å². The quantitative estimate of drug-likeness (QED) is 0.769. The number of carbonyl (C=O) groups excluding carboxylic acids is 1. The Morgan fingerprint density at radius 3 is 2.70 bits per heavy atom. The van der Waals surface area contributed by atoms with Crippen molar-refractivity contribution in [1.29, 1.82) is 0 Å². The number of ether oxygens (including phenoxy) is 1. The van der Waals surface area contributed by atoms with Crippen molar-refractivity contribution >= 4 is 27.8 Å². The summed E-state index contributed by atoms with van der Waals surface area (Å²) < 4.78 is 6.09. The minimum Gasteiger partial charge on any atom is -0.496 e. The van der Waals surface area contributed by atoms with Gasteiger partial charge in [-0.3, -0.25) is 4.79 Å². The molecule has 0 bridgehead atoms. The molecule has 1 aliphatic rings. The number of fused-ring (bicyclic) bond motifs is 1. The van der Waals surface area contributed by atoms with Gasteiger partial charge in [0.15, 0.2) is 5.78 Å². The molecule has 0 saturated heterocycles. The minimum absolute atomic E-state index is 0.132. The molecule has 0 aliphatic heterocycles. The second-order valence-electron chi connectivity index (χ2n) is 4.73. The van der Waals surface area contributed by atoms with E-state index >= 15 is 0 Å². The third kappa shape index (κ3) is 2.29. The van der Waals surface area contributed by atoms with E-state index in [1.165, 1.54) is 0 Å². The van der Waals surface area contributed by atoms with Crippen LogP contribution in [0.1, 0.15) is 21.5 Å². The van der Waals surface area contributed by atoms with Crippen molar-refractivity contribution < 1.29 is 9.53 Å². The van der Waals surface area contributed by atoms with Crippen LogP contribution in [-0.2, 0) is 6.42 Å². The molecule has 0 radical (unpaired) electrons. The smallest absolute Gasteiger partial charge is 0.189 e. The molecule has 0 unspecified atom stereocenters. The molecule has 0 atom stereocenters. The van der Waals surface area contributed by atoms with E-state index in [-0.39, 0.29) is 5.78 Å². The number of hydrogen-bond acceptors (Lipinski definition) is 2. The number of benzene rings is 2. The highest BCUT2D eigenvalue weighted by Crippen LogP contribution is 2.30. The summed E-state index contributed by atoms with van der Waals surface area (Å²) in [6.07, 6.45) is 2.66. The average molecular weight is 329 g/mol. The van der Waals surface area contributed by atoms with E-state index in [1.807, 2.05) is 48.5 Å². The largest absolute Gasteiger partial charge is 0.496 e. The molecule has 2 aromatic carbocycles. The van der Waals surface area contributed by atoms with Crippen LogP contribution in [0.3, 0.4) is 0 Å². The van der Waals surface area contributed by atoms with Gasteiger partial charge in [-0.15, -0.1) is 0 Å².